The Labute approximate surface area is 204 Å². The number of sulfonamides is 1. The van der Waals surface area contributed by atoms with Gasteiger partial charge in [0.15, 0.2) is 0 Å². The van der Waals surface area contributed by atoms with Gasteiger partial charge in [-0.05, 0) is 58.7 Å². The van der Waals surface area contributed by atoms with E-state index in [4.69, 9.17) is 16.3 Å². The fraction of sp³-hybridized carbons (Fsp3) is 0.478. The van der Waals surface area contributed by atoms with Crippen molar-refractivity contribution in [2.45, 2.75) is 52.0 Å². The van der Waals surface area contributed by atoms with E-state index in [0.717, 1.165) is 6.07 Å². The van der Waals surface area contributed by atoms with E-state index in [1.807, 2.05) is 6.92 Å². The summed E-state index contributed by atoms with van der Waals surface area (Å²) in [6.07, 6.45) is 0.967. The Kier molecular flexibility index (Phi) is 8.05. The molecule has 1 amide bonds. The van der Waals surface area contributed by atoms with Gasteiger partial charge in [0.1, 0.15) is 16.3 Å². The molecular weight excluding hydrogens is 485 g/mol. The van der Waals surface area contributed by atoms with Crippen LogP contribution < -0.4 is 5.32 Å². The molecule has 1 unspecified atom stereocenters. The summed E-state index contributed by atoms with van der Waals surface area (Å²) < 4.78 is 49.1. The summed E-state index contributed by atoms with van der Waals surface area (Å²) in [5.41, 5.74) is 1.34. The van der Waals surface area contributed by atoms with Crippen LogP contribution in [0.3, 0.4) is 0 Å². The molecule has 11 heteroatoms. The van der Waals surface area contributed by atoms with Gasteiger partial charge in [0, 0.05) is 36.7 Å². The number of carbonyl (C=O) groups excluding carboxylic acids is 2. The lowest BCUT2D eigenvalue weighted by molar-refractivity contribution is -0.120. The van der Waals surface area contributed by atoms with Crippen LogP contribution in [-0.2, 0) is 26.1 Å². The van der Waals surface area contributed by atoms with E-state index in [1.54, 1.807) is 25.3 Å². The largest absolute Gasteiger partial charge is 0.462 e. The number of aromatic nitrogens is 1. The van der Waals surface area contributed by atoms with Crippen LogP contribution in [0.5, 0.6) is 0 Å². The first kappa shape index (κ1) is 26.2. The average Bonchev–Trinajstić information content (AvgIpc) is 3.06. The van der Waals surface area contributed by atoms with E-state index >= 15 is 0 Å². The highest BCUT2D eigenvalue weighted by atomic mass is 35.5. The van der Waals surface area contributed by atoms with Crippen LogP contribution in [0.4, 0.5) is 10.1 Å². The minimum absolute atomic E-state index is 0.0359. The van der Waals surface area contributed by atoms with E-state index in [9.17, 15) is 22.4 Å². The number of nitrogens with zero attached hydrogens (tertiary/aromatic N) is 2. The molecule has 1 aromatic heterocycles. The van der Waals surface area contributed by atoms with Crippen LogP contribution in [-0.4, -0.2) is 48.9 Å². The molecule has 2 heterocycles. The van der Waals surface area contributed by atoms with Crippen LogP contribution >= 0.6 is 11.6 Å². The third-order valence-corrected chi connectivity index (χ3v) is 8.38. The molecule has 0 spiro atoms. The number of piperidine rings is 1. The van der Waals surface area contributed by atoms with Crippen molar-refractivity contribution in [3.63, 3.8) is 0 Å². The Bertz CT molecular complexity index is 1210. The van der Waals surface area contributed by atoms with E-state index in [2.05, 4.69) is 5.32 Å². The first-order valence-corrected chi connectivity index (χ1v) is 13.0. The molecule has 3 rings (SSSR count). The van der Waals surface area contributed by atoms with Gasteiger partial charge in [-0.25, -0.2) is 17.6 Å². The highest BCUT2D eigenvalue weighted by molar-refractivity contribution is 7.89. The Morgan fingerprint density at radius 2 is 1.94 bits per heavy atom. The number of benzene rings is 1. The predicted octanol–water partition coefficient (Wildman–Crippen LogP) is 4.13. The van der Waals surface area contributed by atoms with Crippen molar-refractivity contribution < 1.29 is 27.1 Å². The minimum Gasteiger partial charge on any atom is -0.462 e. The van der Waals surface area contributed by atoms with Gasteiger partial charge in [-0.3, -0.25) is 4.79 Å². The number of hydrogen-bond acceptors (Lipinski definition) is 5. The zero-order valence-corrected chi connectivity index (χ0v) is 21.2. The number of ether oxygens (including phenoxy) is 1. The maximum absolute atomic E-state index is 13.7. The summed E-state index contributed by atoms with van der Waals surface area (Å²) in [4.78, 5) is 25.5. The fourth-order valence-corrected chi connectivity index (χ4v) is 6.57. The van der Waals surface area contributed by atoms with Crippen LogP contribution in [0.1, 0.15) is 48.4 Å². The van der Waals surface area contributed by atoms with E-state index in [0.29, 0.717) is 36.5 Å². The second-order valence-corrected chi connectivity index (χ2v) is 10.4. The van der Waals surface area contributed by atoms with Crippen LogP contribution in [0.25, 0.3) is 0 Å². The number of esters is 1. The molecule has 1 N–H and O–H groups in total. The van der Waals surface area contributed by atoms with E-state index in [1.165, 1.54) is 16.4 Å². The lowest BCUT2D eigenvalue weighted by atomic mass is 9.99. The minimum atomic E-state index is -4.09. The first-order valence-electron chi connectivity index (χ1n) is 11.2. The summed E-state index contributed by atoms with van der Waals surface area (Å²) in [6, 6.07) is 3.84. The quantitative estimate of drug-likeness (QED) is 0.561. The highest BCUT2D eigenvalue weighted by Gasteiger charge is 2.39. The normalized spacial score (nSPS) is 16.9. The molecule has 0 saturated carbocycles. The lowest BCUT2D eigenvalue weighted by Crippen LogP contribution is -2.44. The number of nitrogens with one attached hydrogen (secondary N) is 1. The summed E-state index contributed by atoms with van der Waals surface area (Å²) in [7, 11) is -4.09. The molecule has 1 aliphatic heterocycles. The third-order valence-electron chi connectivity index (χ3n) is 6.06. The lowest BCUT2D eigenvalue weighted by Gasteiger charge is -2.31. The van der Waals surface area contributed by atoms with Crippen molar-refractivity contribution in [1.29, 1.82) is 0 Å². The number of hydrogen-bond donors (Lipinski definition) is 1. The molecule has 186 valence electrons. The maximum atomic E-state index is 13.7. The summed E-state index contributed by atoms with van der Waals surface area (Å²) in [5.74, 6) is -2.29. The molecule has 1 fully saturated rings. The standard InChI is InChI=1S/C23H29ClFN3O5S/c1-5-28-14(3)20(23(30)33-6-2)21(15(28)4)34(31,32)27-11-7-8-16(13-27)22(29)26-17-9-10-19(25)18(24)12-17/h9-10,12,16H,5-8,11,13H2,1-4H3,(H,26,29). The Morgan fingerprint density at radius 1 is 1.24 bits per heavy atom. The number of halogens is 2. The zero-order chi connectivity index (χ0) is 25.2. The third kappa shape index (κ3) is 4.99. The summed E-state index contributed by atoms with van der Waals surface area (Å²) in [5, 5.41) is 2.56. The molecule has 8 nitrogen and oxygen atoms in total. The van der Waals surface area contributed by atoms with Gasteiger partial charge >= 0.3 is 5.97 Å². The molecule has 2 aromatic rings. The molecule has 0 bridgehead atoms. The second-order valence-electron chi connectivity index (χ2n) is 8.16. The van der Waals surface area contributed by atoms with E-state index in [-0.39, 0.29) is 41.1 Å². The number of carbonyl (C=O) groups is 2. The Balaban J connectivity index is 1.90. The topological polar surface area (TPSA) is 97.7 Å². The molecule has 0 radical (unpaired) electrons. The fourth-order valence-electron chi connectivity index (χ4n) is 4.41. The second kappa shape index (κ2) is 10.5. The first-order chi connectivity index (χ1) is 16.0. The SMILES string of the molecule is CCOC(=O)c1c(S(=O)(=O)N2CCCC(C(=O)Nc3ccc(F)c(Cl)c3)C2)c(C)n(CC)c1C. The van der Waals surface area contributed by atoms with Gasteiger partial charge in [-0.1, -0.05) is 11.6 Å². The van der Waals surface area contributed by atoms with E-state index < -0.39 is 27.7 Å². The smallest absolute Gasteiger partial charge is 0.341 e. The number of rotatable bonds is 7. The van der Waals surface area contributed by atoms with Crippen LogP contribution in [0, 0.1) is 25.6 Å². The molecular formula is C23H29ClFN3O5S. The maximum Gasteiger partial charge on any atom is 0.341 e. The predicted molar refractivity (Wildman–Crippen MR) is 127 cm³/mol. The number of amides is 1. The average molecular weight is 514 g/mol. The van der Waals surface area contributed by atoms with Crippen molar-refractivity contribution in [1.82, 2.24) is 8.87 Å². The van der Waals surface area contributed by atoms with Crippen molar-refractivity contribution in [3.8, 4) is 0 Å². The van der Waals surface area contributed by atoms with Crippen molar-refractivity contribution in [2.24, 2.45) is 5.92 Å². The molecule has 1 atom stereocenters. The summed E-state index contributed by atoms with van der Waals surface area (Å²) >= 11 is 5.78. The van der Waals surface area contributed by atoms with Crippen molar-refractivity contribution >= 4 is 39.2 Å². The van der Waals surface area contributed by atoms with Gasteiger partial charge in [0.25, 0.3) is 0 Å². The van der Waals surface area contributed by atoms with Crippen molar-refractivity contribution in [2.75, 3.05) is 25.0 Å². The van der Waals surface area contributed by atoms with Gasteiger partial charge in [-0.2, -0.15) is 4.31 Å². The monoisotopic (exact) mass is 513 g/mol. The zero-order valence-electron chi connectivity index (χ0n) is 19.7. The van der Waals surface area contributed by atoms with Gasteiger partial charge in [0.2, 0.25) is 15.9 Å². The molecule has 1 aliphatic rings. The number of anilines is 1. The Hall–Kier alpha value is -2.43. The van der Waals surface area contributed by atoms with Crippen molar-refractivity contribution in [3.05, 3.63) is 46.0 Å². The summed E-state index contributed by atoms with van der Waals surface area (Å²) in [6.45, 7) is 7.69. The van der Waals surface area contributed by atoms with Crippen LogP contribution in [0.2, 0.25) is 5.02 Å². The highest BCUT2D eigenvalue weighted by Crippen LogP contribution is 2.33. The van der Waals surface area contributed by atoms with Gasteiger partial charge < -0.3 is 14.6 Å². The molecule has 1 saturated heterocycles. The Morgan fingerprint density at radius 3 is 2.56 bits per heavy atom. The van der Waals surface area contributed by atoms with Crippen LogP contribution in [0.15, 0.2) is 23.1 Å². The van der Waals surface area contributed by atoms with Gasteiger partial charge in [-0.15, -0.1) is 0 Å². The molecule has 34 heavy (non-hydrogen) atoms. The molecule has 0 aliphatic carbocycles. The van der Waals surface area contributed by atoms with Gasteiger partial charge in [0.05, 0.1) is 17.5 Å². The molecule has 1 aromatic carbocycles.